The molecule has 1 rings (SSSR count). The molecule has 0 saturated carbocycles. The zero-order chi connectivity index (χ0) is 12.5. The lowest BCUT2D eigenvalue weighted by Gasteiger charge is -2.09. The summed E-state index contributed by atoms with van der Waals surface area (Å²) in [5.74, 6) is -2.24. The molecule has 1 aromatic heterocycles. The number of hydrogen-bond acceptors (Lipinski definition) is 4. The predicted octanol–water partition coefficient (Wildman–Crippen LogP) is 0.814. The van der Waals surface area contributed by atoms with Crippen molar-refractivity contribution in [2.75, 3.05) is 7.11 Å². The number of nitrogens with zero attached hydrogens (tertiary/aromatic N) is 1. The summed E-state index contributed by atoms with van der Waals surface area (Å²) in [6.07, 6.45) is -2.57. The van der Waals surface area contributed by atoms with E-state index in [1.54, 1.807) is 0 Å². The summed E-state index contributed by atoms with van der Waals surface area (Å²) in [7, 11) is -3.46. The third-order valence-corrected chi connectivity index (χ3v) is 2.52. The Morgan fingerprint density at radius 1 is 1.50 bits per heavy atom. The molecule has 0 spiro atoms. The van der Waals surface area contributed by atoms with Crippen LogP contribution < -0.4 is 9.88 Å². The molecule has 1 aromatic rings. The van der Waals surface area contributed by atoms with Crippen LogP contribution in [-0.2, 0) is 10.0 Å². The number of nitrogens with two attached hydrogens (primary N) is 1. The molecule has 0 unspecified atom stereocenters. The first-order valence-electron chi connectivity index (χ1n) is 3.82. The lowest BCUT2D eigenvalue weighted by molar-refractivity contribution is 0.140. The molecule has 0 aliphatic carbocycles. The second kappa shape index (κ2) is 4.26. The van der Waals surface area contributed by atoms with E-state index in [1.165, 1.54) is 0 Å². The first kappa shape index (κ1) is 12.7. The van der Waals surface area contributed by atoms with E-state index < -0.39 is 38.6 Å². The zero-order valence-corrected chi connectivity index (χ0v) is 8.76. The number of alkyl halides is 2. The smallest absolute Gasteiger partial charge is 0.270 e. The third-order valence-electron chi connectivity index (χ3n) is 1.70. The van der Waals surface area contributed by atoms with Gasteiger partial charge in [0.15, 0.2) is 5.82 Å². The van der Waals surface area contributed by atoms with Crippen molar-refractivity contribution < 1.29 is 26.3 Å². The summed E-state index contributed by atoms with van der Waals surface area (Å²) in [5.41, 5.74) is -1.18. The second-order valence-corrected chi connectivity index (χ2v) is 4.18. The summed E-state index contributed by atoms with van der Waals surface area (Å²) in [5, 5.41) is 3.37. The molecule has 0 aliphatic rings. The maximum atomic E-state index is 13.4. The van der Waals surface area contributed by atoms with Crippen molar-refractivity contribution in [3.05, 3.63) is 17.6 Å². The Balaban J connectivity index is 3.57. The number of ether oxygens (including phenoxy) is 1. The van der Waals surface area contributed by atoms with Gasteiger partial charge in [0.1, 0.15) is 11.3 Å². The SMILES string of the molecule is COc1cnc(S(N)(=O)=O)c(F)c1C(F)F. The van der Waals surface area contributed by atoms with Gasteiger partial charge in [-0.15, -0.1) is 0 Å². The molecular weight excluding hydrogens is 249 g/mol. The fraction of sp³-hybridized carbons (Fsp3) is 0.286. The number of halogens is 3. The van der Waals surface area contributed by atoms with Crippen molar-refractivity contribution in [2.45, 2.75) is 11.5 Å². The average Bonchev–Trinajstić information content (AvgIpc) is 2.14. The summed E-state index contributed by atoms with van der Waals surface area (Å²) < 4.78 is 64.4. The van der Waals surface area contributed by atoms with Crippen LogP contribution in [-0.4, -0.2) is 20.5 Å². The lowest BCUT2D eigenvalue weighted by atomic mass is 10.2. The van der Waals surface area contributed by atoms with Crippen LogP contribution in [0.1, 0.15) is 12.0 Å². The molecule has 0 radical (unpaired) electrons. The molecule has 0 saturated heterocycles. The van der Waals surface area contributed by atoms with E-state index in [-0.39, 0.29) is 0 Å². The summed E-state index contributed by atoms with van der Waals surface area (Å²) in [4.78, 5) is 3.12. The summed E-state index contributed by atoms with van der Waals surface area (Å²) >= 11 is 0. The van der Waals surface area contributed by atoms with Crippen LogP contribution in [0.5, 0.6) is 5.75 Å². The molecule has 5 nitrogen and oxygen atoms in total. The maximum absolute atomic E-state index is 13.4. The van der Waals surface area contributed by atoms with E-state index in [4.69, 9.17) is 0 Å². The minimum Gasteiger partial charge on any atom is -0.495 e. The normalized spacial score (nSPS) is 11.9. The monoisotopic (exact) mass is 256 g/mol. The maximum Gasteiger partial charge on any atom is 0.270 e. The van der Waals surface area contributed by atoms with Crippen LogP contribution in [0.25, 0.3) is 0 Å². The van der Waals surface area contributed by atoms with Gasteiger partial charge < -0.3 is 4.74 Å². The molecule has 1 heterocycles. The molecule has 0 aliphatic heterocycles. The minimum absolute atomic E-state index is 0.542. The topological polar surface area (TPSA) is 82.3 Å². The number of methoxy groups -OCH3 is 1. The Morgan fingerprint density at radius 2 is 2.06 bits per heavy atom. The van der Waals surface area contributed by atoms with Gasteiger partial charge in [-0.3, -0.25) is 0 Å². The Morgan fingerprint density at radius 3 is 2.44 bits per heavy atom. The first-order chi connectivity index (χ1) is 7.29. The standard InChI is InChI=1S/C7H7F3N2O3S/c1-15-3-2-12-7(16(11,13)14)5(8)4(3)6(9)10/h2,6H,1H3,(H2,11,13,14). The van der Waals surface area contributed by atoms with Crippen molar-refractivity contribution in [3.8, 4) is 5.75 Å². The Kier molecular flexibility index (Phi) is 3.38. The van der Waals surface area contributed by atoms with Gasteiger partial charge in [0.2, 0.25) is 5.03 Å². The van der Waals surface area contributed by atoms with Gasteiger partial charge in [0.25, 0.3) is 16.4 Å². The van der Waals surface area contributed by atoms with Gasteiger partial charge >= 0.3 is 0 Å². The van der Waals surface area contributed by atoms with Gasteiger partial charge in [0, 0.05) is 0 Å². The average molecular weight is 256 g/mol. The van der Waals surface area contributed by atoms with E-state index >= 15 is 0 Å². The Hall–Kier alpha value is -1.35. The minimum atomic E-state index is -4.49. The van der Waals surface area contributed by atoms with Crippen molar-refractivity contribution in [1.82, 2.24) is 4.98 Å². The molecule has 90 valence electrons. The van der Waals surface area contributed by atoms with Crippen LogP contribution in [0.2, 0.25) is 0 Å². The quantitative estimate of drug-likeness (QED) is 0.867. The zero-order valence-electron chi connectivity index (χ0n) is 7.95. The van der Waals surface area contributed by atoms with Gasteiger partial charge in [-0.2, -0.15) is 0 Å². The van der Waals surface area contributed by atoms with Crippen LogP contribution in [0.15, 0.2) is 11.2 Å². The Labute approximate surface area is 89.1 Å². The van der Waals surface area contributed by atoms with E-state index in [9.17, 15) is 21.6 Å². The molecule has 9 heteroatoms. The van der Waals surface area contributed by atoms with Crippen molar-refractivity contribution >= 4 is 10.0 Å². The fourth-order valence-electron chi connectivity index (χ4n) is 1.03. The van der Waals surface area contributed by atoms with Crippen LogP contribution in [0, 0.1) is 5.82 Å². The highest BCUT2D eigenvalue weighted by Gasteiger charge is 2.27. The highest BCUT2D eigenvalue weighted by molar-refractivity contribution is 7.89. The van der Waals surface area contributed by atoms with Crippen molar-refractivity contribution in [2.24, 2.45) is 5.14 Å². The summed E-state index contributed by atoms with van der Waals surface area (Å²) in [6.45, 7) is 0. The molecule has 16 heavy (non-hydrogen) atoms. The third kappa shape index (κ3) is 2.25. The highest BCUT2D eigenvalue weighted by atomic mass is 32.2. The predicted molar refractivity (Wildman–Crippen MR) is 47.1 cm³/mol. The highest BCUT2D eigenvalue weighted by Crippen LogP contribution is 2.32. The fourth-order valence-corrected chi connectivity index (χ4v) is 1.59. The molecule has 0 atom stereocenters. The molecule has 0 bridgehead atoms. The van der Waals surface area contributed by atoms with Crippen LogP contribution >= 0.6 is 0 Å². The van der Waals surface area contributed by atoms with E-state index in [2.05, 4.69) is 14.9 Å². The number of primary sulfonamides is 1. The second-order valence-electron chi connectivity index (χ2n) is 2.71. The van der Waals surface area contributed by atoms with Gasteiger partial charge in [-0.05, 0) is 0 Å². The van der Waals surface area contributed by atoms with Crippen LogP contribution in [0.3, 0.4) is 0 Å². The first-order valence-corrected chi connectivity index (χ1v) is 5.37. The lowest BCUT2D eigenvalue weighted by Crippen LogP contribution is -2.17. The van der Waals surface area contributed by atoms with Gasteiger partial charge in [0.05, 0.1) is 13.3 Å². The number of aromatic nitrogens is 1. The molecular formula is C7H7F3N2O3S. The van der Waals surface area contributed by atoms with E-state index in [0.717, 1.165) is 7.11 Å². The van der Waals surface area contributed by atoms with Crippen molar-refractivity contribution in [3.63, 3.8) is 0 Å². The molecule has 0 aromatic carbocycles. The van der Waals surface area contributed by atoms with Crippen molar-refractivity contribution in [1.29, 1.82) is 0 Å². The number of rotatable bonds is 3. The number of sulfonamides is 1. The molecule has 0 amide bonds. The van der Waals surface area contributed by atoms with Crippen LogP contribution in [0.4, 0.5) is 13.2 Å². The summed E-state index contributed by atoms with van der Waals surface area (Å²) in [6, 6.07) is 0. The van der Waals surface area contributed by atoms with E-state index in [0.29, 0.717) is 6.20 Å². The number of pyridine rings is 1. The van der Waals surface area contributed by atoms with E-state index in [1.807, 2.05) is 0 Å². The van der Waals surface area contributed by atoms with Gasteiger partial charge in [-0.1, -0.05) is 0 Å². The largest absolute Gasteiger partial charge is 0.495 e. The molecule has 0 fully saturated rings. The Bertz CT molecular complexity index is 504. The molecule has 2 N–H and O–H groups in total. The number of hydrogen-bond donors (Lipinski definition) is 1. The van der Waals surface area contributed by atoms with Gasteiger partial charge in [-0.25, -0.2) is 31.7 Å².